The molecule has 0 amide bonds. The minimum absolute atomic E-state index is 0.130. The average molecular weight is 279 g/mol. The van der Waals surface area contributed by atoms with Gasteiger partial charge in [0, 0.05) is 12.4 Å². The molecule has 0 aliphatic rings. The standard InChI is InChI=1S/C15H16ClFN2/c1-3-19-15(13-4-5-18-9-14(13)16)11-6-10(2)7-12(17)8-11/h4-9,15,19H,3H2,1-2H3. The van der Waals surface area contributed by atoms with Crippen molar-refractivity contribution in [1.29, 1.82) is 0 Å². The summed E-state index contributed by atoms with van der Waals surface area (Å²) in [5.74, 6) is -0.233. The number of pyridine rings is 1. The van der Waals surface area contributed by atoms with Crippen molar-refractivity contribution in [2.45, 2.75) is 19.9 Å². The van der Waals surface area contributed by atoms with Crippen LogP contribution in [0.4, 0.5) is 4.39 Å². The van der Waals surface area contributed by atoms with Crippen LogP contribution in [0.15, 0.2) is 36.7 Å². The third-order valence-electron chi connectivity index (χ3n) is 2.92. The summed E-state index contributed by atoms with van der Waals surface area (Å²) in [6.07, 6.45) is 3.30. The van der Waals surface area contributed by atoms with Crippen LogP contribution in [-0.2, 0) is 0 Å². The van der Waals surface area contributed by atoms with E-state index in [1.54, 1.807) is 12.4 Å². The first-order valence-corrected chi connectivity index (χ1v) is 6.59. The summed E-state index contributed by atoms with van der Waals surface area (Å²) in [6.45, 7) is 4.65. The van der Waals surface area contributed by atoms with Gasteiger partial charge in [-0.05, 0) is 48.4 Å². The highest BCUT2D eigenvalue weighted by Crippen LogP contribution is 2.28. The highest BCUT2D eigenvalue weighted by Gasteiger charge is 2.17. The summed E-state index contributed by atoms with van der Waals surface area (Å²) in [5, 5.41) is 3.91. The number of rotatable bonds is 4. The van der Waals surface area contributed by atoms with Crippen LogP contribution in [0.3, 0.4) is 0 Å². The molecule has 1 aromatic heterocycles. The number of benzene rings is 1. The quantitative estimate of drug-likeness (QED) is 0.918. The summed E-state index contributed by atoms with van der Waals surface area (Å²) in [5.41, 5.74) is 2.67. The number of nitrogens with one attached hydrogen (secondary N) is 1. The van der Waals surface area contributed by atoms with Gasteiger partial charge < -0.3 is 5.32 Å². The Morgan fingerprint density at radius 2 is 2.16 bits per heavy atom. The SMILES string of the molecule is CCNC(c1cc(C)cc(F)c1)c1ccncc1Cl. The molecule has 2 aromatic rings. The summed E-state index contributed by atoms with van der Waals surface area (Å²) >= 11 is 6.19. The Kier molecular flexibility index (Phi) is 4.51. The Morgan fingerprint density at radius 1 is 1.37 bits per heavy atom. The van der Waals surface area contributed by atoms with Gasteiger partial charge in [-0.15, -0.1) is 0 Å². The molecular weight excluding hydrogens is 263 g/mol. The van der Waals surface area contributed by atoms with Crippen LogP contribution in [0.5, 0.6) is 0 Å². The third kappa shape index (κ3) is 3.31. The fourth-order valence-electron chi connectivity index (χ4n) is 2.16. The molecule has 0 saturated carbocycles. The molecule has 1 atom stereocenters. The number of nitrogens with zero attached hydrogens (tertiary/aromatic N) is 1. The summed E-state index contributed by atoms with van der Waals surface area (Å²) in [6, 6.07) is 6.75. The third-order valence-corrected chi connectivity index (χ3v) is 3.24. The Hall–Kier alpha value is -1.45. The molecule has 0 saturated heterocycles. The van der Waals surface area contributed by atoms with Gasteiger partial charge in [0.15, 0.2) is 0 Å². The molecule has 2 nitrogen and oxygen atoms in total. The molecule has 1 aromatic carbocycles. The zero-order chi connectivity index (χ0) is 13.8. The smallest absolute Gasteiger partial charge is 0.123 e. The topological polar surface area (TPSA) is 24.9 Å². The van der Waals surface area contributed by atoms with Gasteiger partial charge in [-0.25, -0.2) is 4.39 Å². The first-order valence-electron chi connectivity index (χ1n) is 6.21. The molecule has 2 rings (SSSR count). The van der Waals surface area contributed by atoms with E-state index in [0.717, 1.165) is 23.2 Å². The minimum atomic E-state index is -0.233. The second-order valence-corrected chi connectivity index (χ2v) is 4.86. The maximum atomic E-state index is 13.6. The Labute approximate surface area is 117 Å². The van der Waals surface area contributed by atoms with Crippen LogP contribution < -0.4 is 5.32 Å². The molecule has 4 heteroatoms. The number of aryl methyl sites for hydroxylation is 1. The van der Waals surface area contributed by atoms with Gasteiger partial charge in [0.2, 0.25) is 0 Å². The molecule has 19 heavy (non-hydrogen) atoms. The van der Waals surface area contributed by atoms with Crippen molar-refractivity contribution in [2.24, 2.45) is 0 Å². The Balaban J connectivity index is 2.48. The van der Waals surface area contributed by atoms with Crippen molar-refractivity contribution < 1.29 is 4.39 Å². The van der Waals surface area contributed by atoms with E-state index in [1.807, 2.05) is 26.0 Å². The minimum Gasteiger partial charge on any atom is -0.306 e. The van der Waals surface area contributed by atoms with Crippen molar-refractivity contribution in [3.63, 3.8) is 0 Å². The van der Waals surface area contributed by atoms with Gasteiger partial charge in [-0.2, -0.15) is 0 Å². The first kappa shape index (κ1) is 14.0. The van der Waals surface area contributed by atoms with Crippen LogP contribution in [-0.4, -0.2) is 11.5 Å². The highest BCUT2D eigenvalue weighted by molar-refractivity contribution is 6.31. The van der Waals surface area contributed by atoms with Crippen LogP contribution in [0.25, 0.3) is 0 Å². The van der Waals surface area contributed by atoms with E-state index in [2.05, 4.69) is 10.3 Å². The van der Waals surface area contributed by atoms with Gasteiger partial charge >= 0.3 is 0 Å². The summed E-state index contributed by atoms with van der Waals surface area (Å²) in [4.78, 5) is 3.98. The van der Waals surface area contributed by atoms with E-state index in [-0.39, 0.29) is 11.9 Å². The van der Waals surface area contributed by atoms with Gasteiger partial charge in [-0.3, -0.25) is 4.98 Å². The maximum Gasteiger partial charge on any atom is 0.123 e. The number of hydrogen-bond donors (Lipinski definition) is 1. The lowest BCUT2D eigenvalue weighted by Crippen LogP contribution is -2.22. The lowest BCUT2D eigenvalue weighted by molar-refractivity contribution is 0.601. The molecule has 1 unspecified atom stereocenters. The summed E-state index contributed by atoms with van der Waals surface area (Å²) in [7, 11) is 0. The zero-order valence-electron chi connectivity index (χ0n) is 11.0. The second kappa shape index (κ2) is 6.13. The molecule has 1 heterocycles. The fraction of sp³-hybridized carbons (Fsp3) is 0.267. The molecule has 0 bridgehead atoms. The van der Waals surface area contributed by atoms with Gasteiger partial charge in [0.25, 0.3) is 0 Å². The second-order valence-electron chi connectivity index (χ2n) is 4.45. The molecule has 0 radical (unpaired) electrons. The lowest BCUT2D eigenvalue weighted by atomic mass is 9.98. The van der Waals surface area contributed by atoms with Crippen molar-refractivity contribution >= 4 is 11.6 Å². The monoisotopic (exact) mass is 278 g/mol. The van der Waals surface area contributed by atoms with Crippen molar-refractivity contribution in [1.82, 2.24) is 10.3 Å². The van der Waals surface area contributed by atoms with Gasteiger partial charge in [0.05, 0.1) is 11.1 Å². The normalized spacial score (nSPS) is 12.4. The molecule has 0 aliphatic heterocycles. The molecule has 0 spiro atoms. The molecule has 100 valence electrons. The molecule has 1 N–H and O–H groups in total. The van der Waals surface area contributed by atoms with Crippen molar-refractivity contribution in [2.75, 3.05) is 6.54 Å². The van der Waals surface area contributed by atoms with Crippen molar-refractivity contribution in [3.05, 3.63) is 64.2 Å². The maximum absolute atomic E-state index is 13.6. The van der Waals surface area contributed by atoms with Crippen LogP contribution >= 0.6 is 11.6 Å². The predicted molar refractivity (Wildman–Crippen MR) is 75.9 cm³/mol. The average Bonchev–Trinajstić information content (AvgIpc) is 2.36. The number of halogens is 2. The van der Waals surface area contributed by atoms with E-state index in [1.165, 1.54) is 12.1 Å². The fourth-order valence-corrected chi connectivity index (χ4v) is 2.39. The van der Waals surface area contributed by atoms with Crippen LogP contribution in [0.2, 0.25) is 5.02 Å². The van der Waals surface area contributed by atoms with E-state index in [4.69, 9.17) is 11.6 Å². The highest BCUT2D eigenvalue weighted by atomic mass is 35.5. The van der Waals surface area contributed by atoms with Crippen LogP contribution in [0, 0.1) is 12.7 Å². The molecular formula is C15H16ClFN2. The van der Waals surface area contributed by atoms with E-state index >= 15 is 0 Å². The van der Waals surface area contributed by atoms with E-state index in [9.17, 15) is 4.39 Å². The number of hydrogen-bond acceptors (Lipinski definition) is 2. The zero-order valence-corrected chi connectivity index (χ0v) is 11.7. The predicted octanol–water partition coefficient (Wildman–Crippen LogP) is 3.88. The summed E-state index contributed by atoms with van der Waals surface area (Å²) < 4.78 is 13.6. The first-order chi connectivity index (χ1) is 9.11. The molecule has 0 fully saturated rings. The van der Waals surface area contributed by atoms with Crippen molar-refractivity contribution in [3.8, 4) is 0 Å². The Morgan fingerprint density at radius 3 is 2.79 bits per heavy atom. The lowest BCUT2D eigenvalue weighted by Gasteiger charge is -2.20. The largest absolute Gasteiger partial charge is 0.306 e. The van der Waals surface area contributed by atoms with Gasteiger partial charge in [0.1, 0.15) is 5.82 Å². The van der Waals surface area contributed by atoms with E-state index in [0.29, 0.717) is 5.02 Å². The van der Waals surface area contributed by atoms with Gasteiger partial charge in [-0.1, -0.05) is 24.6 Å². The van der Waals surface area contributed by atoms with E-state index < -0.39 is 0 Å². The Bertz CT molecular complexity index is 552. The van der Waals surface area contributed by atoms with Crippen LogP contribution in [0.1, 0.15) is 29.7 Å². The molecule has 0 aliphatic carbocycles. The number of aromatic nitrogens is 1.